The van der Waals surface area contributed by atoms with Crippen LogP contribution in [0.15, 0.2) is 11.4 Å². The third-order valence-corrected chi connectivity index (χ3v) is 4.27. The summed E-state index contributed by atoms with van der Waals surface area (Å²) >= 11 is 1.25. The number of nitrogens with zero attached hydrogens (tertiary/aromatic N) is 1. The number of hydrogen-bond acceptors (Lipinski definition) is 4. The van der Waals surface area contributed by atoms with Crippen LogP contribution in [-0.2, 0) is 0 Å². The van der Waals surface area contributed by atoms with Gasteiger partial charge in [-0.1, -0.05) is 19.3 Å². The minimum Gasteiger partial charge on any atom is -0.388 e. The van der Waals surface area contributed by atoms with Crippen molar-refractivity contribution in [1.82, 2.24) is 5.32 Å². The lowest BCUT2D eigenvalue weighted by atomic mass is 9.85. The molecule has 18 heavy (non-hydrogen) atoms. The van der Waals surface area contributed by atoms with Crippen LogP contribution in [0.2, 0.25) is 0 Å². The van der Waals surface area contributed by atoms with E-state index in [4.69, 9.17) is 5.26 Å². The van der Waals surface area contributed by atoms with Gasteiger partial charge in [-0.3, -0.25) is 4.79 Å². The number of aliphatic hydroxyl groups is 1. The molecule has 1 heterocycles. The van der Waals surface area contributed by atoms with Crippen LogP contribution >= 0.6 is 11.3 Å². The molecule has 2 rings (SSSR count). The van der Waals surface area contributed by atoms with E-state index in [1.165, 1.54) is 11.3 Å². The lowest BCUT2D eigenvalue weighted by molar-refractivity contribution is 0.00529. The van der Waals surface area contributed by atoms with Crippen molar-refractivity contribution < 1.29 is 9.90 Å². The van der Waals surface area contributed by atoms with E-state index in [9.17, 15) is 9.90 Å². The number of hydrogen-bond donors (Lipinski definition) is 2. The predicted molar refractivity (Wildman–Crippen MR) is 69.4 cm³/mol. The molecule has 0 saturated heterocycles. The highest BCUT2D eigenvalue weighted by Gasteiger charge is 2.29. The molecule has 1 amide bonds. The maximum Gasteiger partial charge on any atom is 0.262 e. The topological polar surface area (TPSA) is 73.1 Å². The summed E-state index contributed by atoms with van der Waals surface area (Å²) in [6, 6.07) is 3.62. The van der Waals surface area contributed by atoms with E-state index in [1.54, 1.807) is 11.4 Å². The lowest BCUT2D eigenvalue weighted by Crippen LogP contribution is -2.44. The summed E-state index contributed by atoms with van der Waals surface area (Å²) < 4.78 is 0. The van der Waals surface area contributed by atoms with Crippen LogP contribution in [0.1, 0.15) is 47.3 Å². The van der Waals surface area contributed by atoms with E-state index in [-0.39, 0.29) is 12.5 Å². The molecule has 96 valence electrons. The Morgan fingerprint density at radius 2 is 2.22 bits per heavy atom. The average molecular weight is 264 g/mol. The van der Waals surface area contributed by atoms with Gasteiger partial charge in [0, 0.05) is 6.54 Å². The Morgan fingerprint density at radius 1 is 1.50 bits per heavy atom. The Labute approximate surface area is 110 Å². The van der Waals surface area contributed by atoms with Crippen LogP contribution in [0.4, 0.5) is 0 Å². The highest BCUT2D eigenvalue weighted by molar-refractivity contribution is 7.12. The molecule has 0 spiro atoms. The monoisotopic (exact) mass is 264 g/mol. The lowest BCUT2D eigenvalue weighted by Gasteiger charge is -2.32. The van der Waals surface area contributed by atoms with Crippen molar-refractivity contribution in [2.75, 3.05) is 6.54 Å². The Hall–Kier alpha value is -1.38. The Morgan fingerprint density at radius 3 is 2.89 bits per heavy atom. The predicted octanol–water partition coefficient (Wildman–Crippen LogP) is 2.04. The van der Waals surface area contributed by atoms with E-state index in [0.717, 1.165) is 32.1 Å². The number of thiophene rings is 1. The van der Waals surface area contributed by atoms with E-state index < -0.39 is 5.60 Å². The molecule has 0 atom stereocenters. The van der Waals surface area contributed by atoms with Crippen molar-refractivity contribution >= 4 is 17.2 Å². The van der Waals surface area contributed by atoms with Gasteiger partial charge >= 0.3 is 0 Å². The SMILES string of the molecule is N#Cc1ccsc1C(=O)NCC1(O)CCCCC1. The summed E-state index contributed by atoms with van der Waals surface area (Å²) in [5.74, 6) is -0.263. The van der Waals surface area contributed by atoms with Crippen LogP contribution in [0.3, 0.4) is 0 Å². The Balaban J connectivity index is 1.94. The molecule has 0 aromatic carbocycles. The third-order valence-electron chi connectivity index (χ3n) is 3.35. The molecule has 0 aliphatic heterocycles. The first-order valence-corrected chi connectivity index (χ1v) is 7.01. The molecule has 1 saturated carbocycles. The molecule has 1 fully saturated rings. The molecular weight excluding hydrogens is 248 g/mol. The van der Waals surface area contributed by atoms with Crippen molar-refractivity contribution in [3.63, 3.8) is 0 Å². The minimum atomic E-state index is -0.766. The van der Waals surface area contributed by atoms with Crippen LogP contribution < -0.4 is 5.32 Å². The molecule has 5 heteroatoms. The summed E-state index contributed by atoms with van der Waals surface area (Å²) in [4.78, 5) is 12.3. The highest BCUT2D eigenvalue weighted by atomic mass is 32.1. The van der Waals surface area contributed by atoms with Crippen LogP contribution in [0.25, 0.3) is 0 Å². The summed E-state index contributed by atoms with van der Waals surface area (Å²) in [5.41, 5.74) is -0.369. The van der Waals surface area contributed by atoms with Gasteiger partial charge in [0.05, 0.1) is 11.2 Å². The van der Waals surface area contributed by atoms with Crippen molar-refractivity contribution in [2.45, 2.75) is 37.7 Å². The number of carbonyl (C=O) groups excluding carboxylic acids is 1. The number of amides is 1. The van der Waals surface area contributed by atoms with E-state index in [0.29, 0.717) is 10.4 Å². The smallest absolute Gasteiger partial charge is 0.262 e. The molecule has 0 radical (unpaired) electrons. The van der Waals surface area contributed by atoms with Crippen molar-refractivity contribution in [3.8, 4) is 6.07 Å². The highest BCUT2D eigenvalue weighted by Crippen LogP contribution is 2.27. The van der Waals surface area contributed by atoms with Gasteiger partial charge in [-0.2, -0.15) is 5.26 Å². The fourth-order valence-corrected chi connectivity index (χ4v) is 3.04. The van der Waals surface area contributed by atoms with Gasteiger partial charge in [-0.05, 0) is 24.3 Å². The Bertz CT molecular complexity index is 470. The quantitative estimate of drug-likeness (QED) is 0.877. The Kier molecular flexibility index (Phi) is 4.00. The summed E-state index contributed by atoms with van der Waals surface area (Å²) in [7, 11) is 0. The second-order valence-corrected chi connectivity index (χ2v) is 5.66. The molecule has 1 aromatic heterocycles. The standard InChI is InChI=1S/C13H16N2O2S/c14-8-10-4-7-18-11(10)12(16)15-9-13(17)5-2-1-3-6-13/h4,7,17H,1-3,5-6,9H2,(H,15,16). The molecule has 1 aliphatic rings. The van der Waals surface area contributed by atoms with Gasteiger partial charge < -0.3 is 10.4 Å². The second kappa shape index (κ2) is 5.51. The summed E-state index contributed by atoms with van der Waals surface area (Å²) in [6.45, 7) is 0.272. The van der Waals surface area contributed by atoms with E-state index >= 15 is 0 Å². The normalized spacial score (nSPS) is 18.0. The van der Waals surface area contributed by atoms with Gasteiger partial charge in [0.25, 0.3) is 5.91 Å². The zero-order chi connectivity index (χ0) is 13.0. The number of nitrogens with one attached hydrogen (secondary N) is 1. The van der Waals surface area contributed by atoms with Gasteiger partial charge in [-0.25, -0.2) is 0 Å². The van der Waals surface area contributed by atoms with Crippen molar-refractivity contribution in [3.05, 3.63) is 21.9 Å². The molecule has 1 aromatic rings. The number of carbonyl (C=O) groups is 1. The fourth-order valence-electron chi connectivity index (χ4n) is 2.28. The largest absolute Gasteiger partial charge is 0.388 e. The first-order chi connectivity index (χ1) is 8.64. The maximum absolute atomic E-state index is 11.9. The molecular formula is C13H16N2O2S. The van der Waals surface area contributed by atoms with Crippen molar-refractivity contribution in [2.24, 2.45) is 0 Å². The summed E-state index contributed by atoms with van der Waals surface area (Å²) in [6.07, 6.45) is 4.65. The molecule has 1 aliphatic carbocycles. The summed E-state index contributed by atoms with van der Waals surface area (Å²) in [5, 5.41) is 23.6. The maximum atomic E-state index is 11.9. The molecule has 0 bridgehead atoms. The first kappa shape index (κ1) is 13.1. The molecule has 0 unspecified atom stereocenters. The second-order valence-electron chi connectivity index (χ2n) is 4.74. The zero-order valence-electron chi connectivity index (χ0n) is 10.1. The van der Waals surface area contributed by atoms with Crippen molar-refractivity contribution in [1.29, 1.82) is 5.26 Å². The van der Waals surface area contributed by atoms with Gasteiger partial charge in [-0.15, -0.1) is 11.3 Å². The van der Waals surface area contributed by atoms with E-state index in [2.05, 4.69) is 5.32 Å². The fraction of sp³-hybridized carbons (Fsp3) is 0.538. The van der Waals surface area contributed by atoms with Gasteiger partial charge in [0.2, 0.25) is 0 Å². The zero-order valence-corrected chi connectivity index (χ0v) is 10.9. The molecule has 4 nitrogen and oxygen atoms in total. The molecule has 2 N–H and O–H groups in total. The van der Waals surface area contributed by atoms with Crippen LogP contribution in [0, 0.1) is 11.3 Å². The third kappa shape index (κ3) is 2.89. The number of rotatable bonds is 3. The van der Waals surface area contributed by atoms with E-state index in [1.807, 2.05) is 6.07 Å². The van der Waals surface area contributed by atoms with Crippen LogP contribution in [-0.4, -0.2) is 23.2 Å². The minimum absolute atomic E-state index is 0.263. The van der Waals surface area contributed by atoms with Gasteiger partial charge in [0.1, 0.15) is 10.9 Å². The average Bonchev–Trinajstić information content (AvgIpc) is 2.85. The van der Waals surface area contributed by atoms with Gasteiger partial charge in [0.15, 0.2) is 0 Å². The van der Waals surface area contributed by atoms with Crippen LogP contribution in [0.5, 0.6) is 0 Å². The number of nitriles is 1. The first-order valence-electron chi connectivity index (χ1n) is 6.13.